The minimum Gasteiger partial charge on any atom is -0.394 e. The van der Waals surface area contributed by atoms with Gasteiger partial charge in [-0.15, -0.1) is 0 Å². The molecular formula is C21H33NO3. The number of aliphatic hydroxyl groups excluding tert-OH is 1. The number of likely N-dealkylation sites (tertiary alicyclic amines) is 1. The molecule has 2 saturated heterocycles. The highest BCUT2D eigenvalue weighted by Crippen LogP contribution is 2.36. The minimum absolute atomic E-state index is 0.0299. The molecule has 0 saturated carbocycles. The van der Waals surface area contributed by atoms with Gasteiger partial charge in [0.25, 0.3) is 0 Å². The van der Waals surface area contributed by atoms with E-state index in [1.807, 2.05) is 6.07 Å². The molecule has 4 nitrogen and oxygen atoms in total. The fourth-order valence-electron chi connectivity index (χ4n) is 4.56. The first-order valence-corrected chi connectivity index (χ1v) is 10.00. The van der Waals surface area contributed by atoms with Crippen molar-refractivity contribution in [3.8, 4) is 0 Å². The Morgan fingerprint density at radius 1 is 1.04 bits per heavy atom. The second-order valence-electron chi connectivity index (χ2n) is 7.33. The Hall–Kier alpha value is -0.940. The molecule has 0 amide bonds. The molecule has 140 valence electrons. The van der Waals surface area contributed by atoms with Crippen LogP contribution in [0.4, 0.5) is 0 Å². The third-order valence-electron chi connectivity index (χ3n) is 5.68. The zero-order chi connectivity index (χ0) is 17.5. The maximum atomic E-state index is 10.2. The lowest BCUT2D eigenvalue weighted by atomic mass is 9.87. The van der Waals surface area contributed by atoms with Crippen LogP contribution in [-0.2, 0) is 9.47 Å². The van der Waals surface area contributed by atoms with E-state index in [0.717, 1.165) is 26.1 Å². The van der Waals surface area contributed by atoms with E-state index in [1.165, 1.54) is 37.7 Å². The predicted molar refractivity (Wildman–Crippen MR) is 99.4 cm³/mol. The molecule has 2 aliphatic heterocycles. The first kappa shape index (κ1) is 18.8. The lowest BCUT2D eigenvalue weighted by Gasteiger charge is -2.47. The Morgan fingerprint density at radius 2 is 1.72 bits per heavy atom. The highest BCUT2D eigenvalue weighted by Gasteiger charge is 2.36. The molecule has 0 radical (unpaired) electrons. The molecule has 0 aliphatic carbocycles. The van der Waals surface area contributed by atoms with Crippen LogP contribution >= 0.6 is 0 Å². The van der Waals surface area contributed by atoms with Crippen molar-refractivity contribution in [3.05, 3.63) is 35.9 Å². The normalized spacial score (nSPS) is 26.8. The highest BCUT2D eigenvalue weighted by molar-refractivity contribution is 5.20. The van der Waals surface area contributed by atoms with Gasteiger partial charge in [0.05, 0.1) is 25.9 Å². The van der Waals surface area contributed by atoms with E-state index in [4.69, 9.17) is 9.47 Å². The molecule has 0 aromatic heterocycles. The minimum atomic E-state index is -0.0299. The molecule has 1 N–H and O–H groups in total. The summed E-state index contributed by atoms with van der Waals surface area (Å²) >= 11 is 0. The first-order valence-electron chi connectivity index (χ1n) is 10.00. The number of rotatable bonds is 8. The van der Waals surface area contributed by atoms with Crippen LogP contribution in [-0.4, -0.2) is 48.2 Å². The van der Waals surface area contributed by atoms with E-state index in [-0.39, 0.29) is 18.9 Å². The van der Waals surface area contributed by atoms with Crippen LogP contribution in [0.25, 0.3) is 0 Å². The number of hydrogen-bond donors (Lipinski definition) is 1. The van der Waals surface area contributed by atoms with E-state index < -0.39 is 0 Å². The van der Waals surface area contributed by atoms with Gasteiger partial charge < -0.3 is 14.6 Å². The van der Waals surface area contributed by atoms with E-state index in [2.05, 4.69) is 36.1 Å². The summed E-state index contributed by atoms with van der Waals surface area (Å²) in [5, 5.41) is 10.2. The summed E-state index contributed by atoms with van der Waals surface area (Å²) < 4.78 is 11.3. The van der Waals surface area contributed by atoms with Crippen LogP contribution in [0.2, 0.25) is 0 Å². The molecule has 2 fully saturated rings. The van der Waals surface area contributed by atoms with Crippen LogP contribution in [0.5, 0.6) is 0 Å². The van der Waals surface area contributed by atoms with Gasteiger partial charge >= 0.3 is 0 Å². The van der Waals surface area contributed by atoms with Gasteiger partial charge in [-0.1, -0.05) is 50.1 Å². The average Bonchev–Trinajstić information content (AvgIpc) is 3.17. The Balaban J connectivity index is 1.75. The van der Waals surface area contributed by atoms with Gasteiger partial charge in [0, 0.05) is 12.1 Å². The smallest absolute Gasteiger partial charge is 0.157 e. The first-order chi connectivity index (χ1) is 12.3. The summed E-state index contributed by atoms with van der Waals surface area (Å²) in [6.45, 7) is 3.89. The lowest BCUT2D eigenvalue weighted by Crippen LogP contribution is -2.49. The van der Waals surface area contributed by atoms with Gasteiger partial charge in [-0.3, -0.25) is 4.90 Å². The molecule has 3 atom stereocenters. The van der Waals surface area contributed by atoms with Gasteiger partial charge in [-0.2, -0.15) is 0 Å². The van der Waals surface area contributed by atoms with Crippen molar-refractivity contribution in [1.82, 2.24) is 4.90 Å². The summed E-state index contributed by atoms with van der Waals surface area (Å²) in [6.07, 6.45) is 8.12. The van der Waals surface area contributed by atoms with Crippen LogP contribution < -0.4 is 0 Å². The third-order valence-corrected chi connectivity index (χ3v) is 5.68. The Labute approximate surface area is 152 Å². The van der Waals surface area contributed by atoms with Gasteiger partial charge in [-0.05, 0) is 37.7 Å². The number of benzene rings is 1. The van der Waals surface area contributed by atoms with Crippen LogP contribution in [0.15, 0.2) is 30.3 Å². The average molecular weight is 347 g/mol. The van der Waals surface area contributed by atoms with Crippen molar-refractivity contribution in [2.24, 2.45) is 0 Å². The molecular weight excluding hydrogens is 314 g/mol. The van der Waals surface area contributed by atoms with Crippen molar-refractivity contribution in [3.63, 3.8) is 0 Å². The Morgan fingerprint density at radius 3 is 2.36 bits per heavy atom. The standard InChI is InChI=1S/C21H33NO3/c1-2-7-18-10-6-11-19(12-13-21-24-14-15-25-21)22(18)20(16-23)17-8-4-3-5-9-17/h3-5,8-9,18-21,23H,2,6-7,10-16H2,1H3/t18-,19-,20-/m0/s1. The van der Waals surface area contributed by atoms with Crippen molar-refractivity contribution < 1.29 is 14.6 Å². The van der Waals surface area contributed by atoms with Gasteiger partial charge in [0.1, 0.15) is 0 Å². The molecule has 1 aromatic carbocycles. The number of aliphatic hydroxyl groups is 1. The summed E-state index contributed by atoms with van der Waals surface area (Å²) in [4.78, 5) is 2.62. The van der Waals surface area contributed by atoms with Crippen LogP contribution in [0, 0.1) is 0 Å². The highest BCUT2D eigenvalue weighted by atomic mass is 16.7. The Kier molecular flexibility index (Phi) is 7.29. The van der Waals surface area contributed by atoms with E-state index in [0.29, 0.717) is 12.1 Å². The van der Waals surface area contributed by atoms with Gasteiger partial charge in [0.15, 0.2) is 6.29 Å². The van der Waals surface area contributed by atoms with Crippen LogP contribution in [0.3, 0.4) is 0 Å². The quantitative estimate of drug-likeness (QED) is 0.774. The summed E-state index contributed by atoms with van der Waals surface area (Å²) in [6, 6.07) is 11.6. The summed E-state index contributed by atoms with van der Waals surface area (Å²) in [7, 11) is 0. The molecule has 2 heterocycles. The number of nitrogens with zero attached hydrogens (tertiary/aromatic N) is 1. The van der Waals surface area contributed by atoms with Crippen LogP contribution in [0.1, 0.15) is 63.5 Å². The van der Waals surface area contributed by atoms with Crippen molar-refractivity contribution in [1.29, 1.82) is 0 Å². The fourth-order valence-corrected chi connectivity index (χ4v) is 4.56. The molecule has 2 aliphatic rings. The number of hydrogen-bond acceptors (Lipinski definition) is 4. The third kappa shape index (κ3) is 4.82. The molecule has 0 bridgehead atoms. The molecule has 0 spiro atoms. The van der Waals surface area contributed by atoms with E-state index in [1.54, 1.807) is 0 Å². The second-order valence-corrected chi connectivity index (χ2v) is 7.33. The zero-order valence-corrected chi connectivity index (χ0v) is 15.5. The zero-order valence-electron chi connectivity index (χ0n) is 15.5. The molecule has 0 unspecified atom stereocenters. The topological polar surface area (TPSA) is 41.9 Å². The predicted octanol–water partition coefficient (Wildman–Crippen LogP) is 3.90. The second kappa shape index (κ2) is 9.67. The fraction of sp³-hybridized carbons (Fsp3) is 0.714. The molecule has 3 rings (SSSR count). The van der Waals surface area contributed by atoms with Crippen molar-refractivity contribution >= 4 is 0 Å². The maximum Gasteiger partial charge on any atom is 0.157 e. The largest absolute Gasteiger partial charge is 0.394 e. The van der Waals surface area contributed by atoms with Crippen molar-refractivity contribution in [2.75, 3.05) is 19.8 Å². The van der Waals surface area contributed by atoms with E-state index >= 15 is 0 Å². The Bertz CT molecular complexity index is 487. The molecule has 4 heteroatoms. The van der Waals surface area contributed by atoms with Gasteiger partial charge in [0.2, 0.25) is 0 Å². The lowest BCUT2D eigenvalue weighted by molar-refractivity contribution is -0.0605. The monoisotopic (exact) mass is 347 g/mol. The van der Waals surface area contributed by atoms with Gasteiger partial charge in [-0.25, -0.2) is 0 Å². The number of ether oxygens (including phenoxy) is 2. The molecule has 1 aromatic rings. The SMILES string of the molecule is CCC[C@H]1CCC[C@@H](CCC2OCCO2)N1[C@@H](CO)c1ccccc1. The molecule has 25 heavy (non-hydrogen) atoms. The van der Waals surface area contributed by atoms with E-state index in [9.17, 15) is 5.11 Å². The van der Waals surface area contributed by atoms with Crippen molar-refractivity contribution in [2.45, 2.75) is 76.3 Å². The summed E-state index contributed by atoms with van der Waals surface area (Å²) in [5.41, 5.74) is 1.23. The summed E-state index contributed by atoms with van der Waals surface area (Å²) in [5.74, 6) is 0. The maximum absolute atomic E-state index is 10.2. The number of piperidine rings is 1.